The summed E-state index contributed by atoms with van der Waals surface area (Å²) in [7, 11) is 0. The second-order valence-electron chi connectivity index (χ2n) is 9.97. The van der Waals surface area contributed by atoms with Gasteiger partial charge < -0.3 is 5.11 Å². The molecular formula is C30H58O2. The molecule has 0 amide bonds. The minimum absolute atomic E-state index is 0.339. The van der Waals surface area contributed by atoms with Crippen molar-refractivity contribution < 1.29 is 9.90 Å². The maximum atomic E-state index is 10.4. The third-order valence-electron chi connectivity index (χ3n) is 6.65. The Morgan fingerprint density at radius 3 is 1.06 bits per heavy atom. The van der Waals surface area contributed by atoms with Crippen molar-refractivity contribution >= 4 is 5.97 Å². The third-order valence-corrected chi connectivity index (χ3v) is 6.65. The maximum absolute atomic E-state index is 10.4. The van der Waals surface area contributed by atoms with E-state index in [-0.39, 0.29) is 0 Å². The van der Waals surface area contributed by atoms with Crippen molar-refractivity contribution in [1.82, 2.24) is 0 Å². The molecule has 0 aliphatic carbocycles. The lowest BCUT2D eigenvalue weighted by Crippen LogP contribution is -1.93. The molecule has 0 aliphatic rings. The molecule has 0 aromatic carbocycles. The van der Waals surface area contributed by atoms with Gasteiger partial charge >= 0.3 is 5.97 Å². The normalized spacial score (nSPS) is 11.5. The molecule has 0 saturated heterocycles. The highest BCUT2D eigenvalue weighted by atomic mass is 16.4. The zero-order valence-corrected chi connectivity index (χ0v) is 21.9. The molecule has 0 bridgehead atoms. The Bertz CT molecular complexity index is 388. The van der Waals surface area contributed by atoms with E-state index in [4.69, 9.17) is 5.11 Å². The molecule has 2 nitrogen and oxygen atoms in total. The van der Waals surface area contributed by atoms with Crippen molar-refractivity contribution in [2.24, 2.45) is 0 Å². The molecule has 0 heterocycles. The fraction of sp³-hybridized carbons (Fsp3) is 0.900. The number of unbranched alkanes of at least 4 members (excludes halogenated alkanes) is 23. The van der Waals surface area contributed by atoms with Crippen LogP contribution in [-0.2, 0) is 4.79 Å². The SMILES string of the molecule is CCCCCCCCCCCCCCCCCC=CCCCCCCCCCCC(=O)O. The van der Waals surface area contributed by atoms with Crippen molar-refractivity contribution in [1.29, 1.82) is 0 Å². The average Bonchev–Trinajstić information content (AvgIpc) is 2.78. The molecule has 0 aliphatic heterocycles. The fourth-order valence-corrected chi connectivity index (χ4v) is 4.47. The second kappa shape index (κ2) is 28.2. The van der Waals surface area contributed by atoms with Crippen LogP contribution in [0.3, 0.4) is 0 Å². The first kappa shape index (κ1) is 31.2. The van der Waals surface area contributed by atoms with Gasteiger partial charge in [-0.3, -0.25) is 4.79 Å². The van der Waals surface area contributed by atoms with Gasteiger partial charge in [-0.1, -0.05) is 147 Å². The Morgan fingerprint density at radius 1 is 0.469 bits per heavy atom. The predicted octanol–water partition coefficient (Wildman–Crippen LogP) is 10.8. The van der Waals surface area contributed by atoms with Gasteiger partial charge in [0.05, 0.1) is 0 Å². The summed E-state index contributed by atoms with van der Waals surface area (Å²) >= 11 is 0. The molecule has 0 aromatic heterocycles. The molecule has 0 atom stereocenters. The number of aliphatic carboxylic acids is 1. The molecule has 0 rings (SSSR count). The van der Waals surface area contributed by atoms with E-state index >= 15 is 0 Å². The Balaban J connectivity index is 3.08. The van der Waals surface area contributed by atoms with Crippen LogP contribution in [0.1, 0.15) is 174 Å². The van der Waals surface area contributed by atoms with Gasteiger partial charge in [0.2, 0.25) is 0 Å². The van der Waals surface area contributed by atoms with Gasteiger partial charge in [-0.05, 0) is 32.1 Å². The first-order valence-corrected chi connectivity index (χ1v) is 14.6. The smallest absolute Gasteiger partial charge is 0.303 e. The van der Waals surface area contributed by atoms with Crippen LogP contribution in [0.2, 0.25) is 0 Å². The zero-order valence-electron chi connectivity index (χ0n) is 21.9. The van der Waals surface area contributed by atoms with Gasteiger partial charge in [0.25, 0.3) is 0 Å². The Hall–Kier alpha value is -0.790. The van der Waals surface area contributed by atoms with Gasteiger partial charge in [0, 0.05) is 6.42 Å². The maximum Gasteiger partial charge on any atom is 0.303 e. The van der Waals surface area contributed by atoms with E-state index in [0.717, 1.165) is 12.8 Å². The van der Waals surface area contributed by atoms with Gasteiger partial charge in [-0.15, -0.1) is 0 Å². The summed E-state index contributed by atoms with van der Waals surface area (Å²) in [6.07, 6.45) is 39.0. The summed E-state index contributed by atoms with van der Waals surface area (Å²) in [6.45, 7) is 2.29. The summed E-state index contributed by atoms with van der Waals surface area (Å²) in [6, 6.07) is 0. The zero-order chi connectivity index (χ0) is 23.4. The number of carboxylic acid groups (broad SMARTS) is 1. The molecule has 0 saturated carbocycles. The molecule has 0 radical (unpaired) electrons. The first-order valence-electron chi connectivity index (χ1n) is 14.6. The highest BCUT2D eigenvalue weighted by Crippen LogP contribution is 2.14. The predicted molar refractivity (Wildman–Crippen MR) is 142 cm³/mol. The van der Waals surface area contributed by atoms with Gasteiger partial charge in [-0.25, -0.2) is 0 Å². The minimum atomic E-state index is -0.655. The van der Waals surface area contributed by atoms with Crippen LogP contribution >= 0.6 is 0 Å². The number of allylic oxidation sites excluding steroid dienone is 2. The van der Waals surface area contributed by atoms with Crippen LogP contribution in [0.5, 0.6) is 0 Å². The summed E-state index contributed by atoms with van der Waals surface area (Å²) in [5.74, 6) is -0.655. The van der Waals surface area contributed by atoms with E-state index in [0.29, 0.717) is 6.42 Å². The van der Waals surface area contributed by atoms with Crippen molar-refractivity contribution in [3.8, 4) is 0 Å². The lowest BCUT2D eigenvalue weighted by molar-refractivity contribution is -0.137. The van der Waals surface area contributed by atoms with Gasteiger partial charge in [0.1, 0.15) is 0 Å². The lowest BCUT2D eigenvalue weighted by atomic mass is 10.0. The largest absolute Gasteiger partial charge is 0.481 e. The van der Waals surface area contributed by atoms with E-state index in [9.17, 15) is 4.79 Å². The number of carboxylic acids is 1. The second-order valence-corrected chi connectivity index (χ2v) is 9.97. The molecule has 0 spiro atoms. The van der Waals surface area contributed by atoms with E-state index in [2.05, 4.69) is 19.1 Å². The van der Waals surface area contributed by atoms with Crippen molar-refractivity contribution in [2.75, 3.05) is 0 Å². The Morgan fingerprint density at radius 2 is 0.750 bits per heavy atom. The summed E-state index contributed by atoms with van der Waals surface area (Å²) < 4.78 is 0. The van der Waals surface area contributed by atoms with Crippen molar-refractivity contribution in [2.45, 2.75) is 174 Å². The van der Waals surface area contributed by atoms with Crippen LogP contribution in [0.4, 0.5) is 0 Å². The lowest BCUT2D eigenvalue weighted by Gasteiger charge is -2.03. The van der Waals surface area contributed by atoms with Crippen LogP contribution in [0.25, 0.3) is 0 Å². The number of hydrogen-bond donors (Lipinski definition) is 1. The Kier molecular flexibility index (Phi) is 27.5. The van der Waals surface area contributed by atoms with Crippen LogP contribution < -0.4 is 0 Å². The van der Waals surface area contributed by atoms with E-state index in [1.165, 1.54) is 148 Å². The standard InChI is InChI=1S/C30H58O2/c1-2-3-4-5-6-7-8-9-10-11-12-13-14-15-16-17-18-19-20-21-22-23-24-25-26-27-28-29-30(31)32/h18-19H,2-17,20-29H2,1H3,(H,31,32). The summed E-state index contributed by atoms with van der Waals surface area (Å²) in [5, 5.41) is 8.60. The first-order chi connectivity index (χ1) is 15.8. The van der Waals surface area contributed by atoms with E-state index < -0.39 is 5.97 Å². The molecule has 32 heavy (non-hydrogen) atoms. The minimum Gasteiger partial charge on any atom is -0.481 e. The van der Waals surface area contributed by atoms with Crippen LogP contribution in [-0.4, -0.2) is 11.1 Å². The Labute approximate surface area is 202 Å². The summed E-state index contributed by atoms with van der Waals surface area (Å²) in [5.41, 5.74) is 0. The van der Waals surface area contributed by atoms with E-state index in [1.54, 1.807) is 0 Å². The molecular weight excluding hydrogens is 392 g/mol. The highest BCUT2D eigenvalue weighted by Gasteiger charge is 1.97. The van der Waals surface area contributed by atoms with Crippen molar-refractivity contribution in [3.63, 3.8) is 0 Å². The van der Waals surface area contributed by atoms with Gasteiger partial charge in [-0.2, -0.15) is 0 Å². The van der Waals surface area contributed by atoms with E-state index in [1.807, 2.05) is 0 Å². The molecule has 1 N–H and O–H groups in total. The number of rotatable bonds is 27. The quantitative estimate of drug-likeness (QED) is 0.0997. The van der Waals surface area contributed by atoms with Gasteiger partial charge in [0.15, 0.2) is 0 Å². The highest BCUT2D eigenvalue weighted by molar-refractivity contribution is 5.66. The topological polar surface area (TPSA) is 37.3 Å². The number of hydrogen-bond acceptors (Lipinski definition) is 1. The average molecular weight is 451 g/mol. The molecule has 0 fully saturated rings. The summed E-state index contributed by atoms with van der Waals surface area (Å²) in [4.78, 5) is 10.4. The third kappa shape index (κ3) is 29.2. The monoisotopic (exact) mass is 450 g/mol. The molecule has 190 valence electrons. The van der Waals surface area contributed by atoms with Crippen LogP contribution in [0.15, 0.2) is 12.2 Å². The fourth-order valence-electron chi connectivity index (χ4n) is 4.47. The van der Waals surface area contributed by atoms with Crippen molar-refractivity contribution in [3.05, 3.63) is 12.2 Å². The molecule has 0 aromatic rings. The van der Waals surface area contributed by atoms with Crippen LogP contribution in [0, 0.1) is 0 Å². The molecule has 2 heteroatoms. The molecule has 0 unspecified atom stereocenters. The number of carbonyl (C=O) groups is 1.